The highest BCUT2D eigenvalue weighted by Crippen LogP contribution is 2.50. The fraction of sp³-hybridized carbons (Fsp3) is 0.417. The van der Waals surface area contributed by atoms with E-state index in [0.717, 1.165) is 60.7 Å². The van der Waals surface area contributed by atoms with Gasteiger partial charge in [-0.05, 0) is 140 Å². The molecule has 7 aromatic rings. The highest BCUT2D eigenvalue weighted by atomic mass is 35.5. The van der Waals surface area contributed by atoms with E-state index in [1.54, 1.807) is 0 Å². The molecule has 11 bridgehead atoms. The first-order valence-corrected chi connectivity index (χ1v) is 40.6. The summed E-state index contributed by atoms with van der Waals surface area (Å²) in [5, 5.41) is 165. The number of benzene rings is 7. The Labute approximate surface area is 726 Å². The van der Waals surface area contributed by atoms with Gasteiger partial charge in [-0.15, -0.1) is 0 Å². The summed E-state index contributed by atoms with van der Waals surface area (Å²) < 4.78 is 69.1. The van der Waals surface area contributed by atoms with Gasteiger partial charge in [-0.2, -0.15) is 0 Å². The minimum Gasteiger partial charge on any atom is -0.508 e. The van der Waals surface area contributed by atoms with Gasteiger partial charge in [-0.25, -0.2) is 4.79 Å². The summed E-state index contributed by atoms with van der Waals surface area (Å²) in [5.74, 6) is -15.0. The summed E-state index contributed by atoms with van der Waals surface area (Å²) in [6.07, 6.45) is -27.7. The number of fused-ring (bicyclic) bond motifs is 15. The number of nitrogens with one attached hydrogen (secondary N) is 7. The van der Waals surface area contributed by atoms with Crippen molar-refractivity contribution in [3.63, 3.8) is 0 Å². The number of phenolic OH excluding ortho intramolecular Hbond substituents is 4. The zero-order valence-electron chi connectivity index (χ0n) is 67.4. The lowest BCUT2D eigenvalue weighted by atomic mass is 9.89. The predicted octanol–water partition coefficient (Wildman–Crippen LogP) is 0.953. The molecule has 0 unspecified atom stereocenters. The molecule has 9 aliphatic rings. The van der Waals surface area contributed by atoms with Gasteiger partial charge in [0.1, 0.15) is 125 Å². The molecule has 42 heteroatoms. The van der Waals surface area contributed by atoms with Crippen molar-refractivity contribution in [1.29, 1.82) is 0 Å². The Bertz CT molecular complexity index is 5220. The van der Waals surface area contributed by atoms with E-state index in [1.165, 1.54) is 102 Å². The minimum absolute atomic E-state index is 0.122. The third kappa shape index (κ3) is 18.9. The number of carboxylic acid groups (broad SMARTS) is 1. The van der Waals surface area contributed by atoms with Crippen LogP contribution < -0.4 is 67.6 Å². The average molecular weight is 1800 g/mol. The quantitative estimate of drug-likeness (QED) is 0.0640. The molecule has 9 heterocycles. The largest absolute Gasteiger partial charge is 0.508 e. The Hall–Kier alpha value is -10.9. The van der Waals surface area contributed by atoms with Crippen LogP contribution in [-0.2, 0) is 66.7 Å². The fourth-order valence-corrected chi connectivity index (χ4v) is 16.4. The molecule has 6 amide bonds. The summed E-state index contributed by atoms with van der Waals surface area (Å²) in [4.78, 5) is 110. The maximum absolute atomic E-state index is 16.7. The van der Waals surface area contributed by atoms with Gasteiger partial charge < -0.3 is 167 Å². The van der Waals surface area contributed by atoms with Crippen LogP contribution in [0.3, 0.4) is 0 Å². The number of halogens is 2. The summed E-state index contributed by atoms with van der Waals surface area (Å²) in [6.45, 7) is 3.47. The number of methoxy groups -OCH3 is 1. The monoisotopic (exact) mass is 1790 g/mol. The molecule has 27 atom stereocenters. The molecule has 9 aliphatic heterocycles. The normalized spacial score (nSPS) is 32.1. The molecule has 0 aromatic heterocycles. The molecule has 674 valence electrons. The molecule has 0 saturated carbocycles. The lowest BCUT2D eigenvalue weighted by molar-refractivity contribution is -0.330. The Balaban J connectivity index is 0.965. The van der Waals surface area contributed by atoms with E-state index in [-0.39, 0.29) is 52.2 Å². The van der Waals surface area contributed by atoms with E-state index < -0.39 is 291 Å². The van der Waals surface area contributed by atoms with Gasteiger partial charge in [-0.3, -0.25) is 28.8 Å². The number of rotatable bonds is 16. The van der Waals surface area contributed by atoms with Crippen molar-refractivity contribution in [2.75, 3.05) is 20.8 Å². The lowest BCUT2D eigenvalue weighted by Crippen LogP contribution is -2.62. The number of phenols is 4. The van der Waals surface area contributed by atoms with Crippen molar-refractivity contribution in [2.24, 2.45) is 11.5 Å². The van der Waals surface area contributed by atoms with Crippen LogP contribution in [0, 0.1) is 0 Å². The number of aromatic hydroxyl groups is 4. The number of aliphatic hydroxyl groups is 8. The zero-order chi connectivity index (χ0) is 90.5. The molecule has 7 aromatic carbocycles. The Morgan fingerprint density at radius 2 is 1.10 bits per heavy atom. The Morgan fingerprint density at radius 3 is 1.70 bits per heavy atom. The van der Waals surface area contributed by atoms with E-state index in [2.05, 4.69) is 37.2 Å². The number of hydrogen-bond donors (Lipinski definition) is 22. The molecule has 0 spiro atoms. The van der Waals surface area contributed by atoms with Crippen LogP contribution in [-0.4, -0.2) is 251 Å². The zero-order valence-corrected chi connectivity index (χ0v) is 68.9. The van der Waals surface area contributed by atoms with Gasteiger partial charge in [0.05, 0.1) is 47.2 Å². The number of hydrogen-bond acceptors (Lipinski definition) is 33. The van der Waals surface area contributed by atoms with Gasteiger partial charge >= 0.3 is 5.97 Å². The molecule has 4 fully saturated rings. The molecule has 0 radical (unpaired) electrons. The highest BCUT2D eigenvalue weighted by Gasteiger charge is 2.52. The second-order valence-corrected chi connectivity index (χ2v) is 32.2. The van der Waals surface area contributed by atoms with Gasteiger partial charge in [0.2, 0.25) is 53.8 Å². The number of amides is 6. The van der Waals surface area contributed by atoms with E-state index in [0.29, 0.717) is 0 Å². The van der Waals surface area contributed by atoms with Crippen molar-refractivity contribution < 1.29 is 152 Å². The molecule has 4 saturated heterocycles. The topological polar surface area (TPSA) is 620 Å². The molecule has 126 heavy (non-hydrogen) atoms. The standard InChI is InChI=1S/C84H93Cl2N9O31/c1-30-65(101)46(87)27-55(117-30)124-72-37-12-19-51(45(86)22-37)122-53-24-38-23-52(73(53)126-84-75(71(107)69(105)54(29-96)123-84)125-56-28-47(88)66(102)31(2)118-56)120-40-15-8-34(9-16-40)68(104)63(94-76(108)58(89-4)33-6-13-41(14-7-33)121-83-74(116-5)70(106)67(103)32(3)119-83)80(112)91-60(36-11-18-49(99)44(85)21-36)77(109)92-61(38)79(111)90-59-35-10-17-48(98)42(20-35)57-43(25-39(97)26-50(57)100)62(82(114)115)93-81(113)64(72)95-78(59)110/h6-26,30-32,46-47,54-56,58-72,74-75,83-84,89,96-107H,27-29,87-88H2,1-5H3,(H,90,111)(H,91,112)(H,92,109)(H,93,113)(H,94,108)(H,95,110)(H,114,115)/t30-,31-,32-,46+,47+,54+,55-,56-,58+,59+,60-,61+,62-,63+,64-,65-,66-,67-,68+,69+,70+,71-,72+,74+,75+,83-,84-/m0/s1. The first-order valence-electron chi connectivity index (χ1n) is 39.8. The minimum atomic E-state index is -2.39. The van der Waals surface area contributed by atoms with Crippen LogP contribution in [0.5, 0.6) is 57.5 Å². The Morgan fingerprint density at radius 1 is 0.540 bits per heavy atom. The number of carbonyl (C=O) groups is 7. The van der Waals surface area contributed by atoms with Crippen LogP contribution in [0.4, 0.5) is 0 Å². The average Bonchev–Trinajstić information content (AvgIpc) is 0.762. The van der Waals surface area contributed by atoms with Crippen molar-refractivity contribution >= 4 is 64.6 Å². The van der Waals surface area contributed by atoms with Crippen LogP contribution in [0.15, 0.2) is 127 Å². The first kappa shape index (κ1) is 91.3. The van der Waals surface area contributed by atoms with E-state index >= 15 is 28.8 Å². The number of aliphatic carboxylic acids is 1. The molecule has 40 nitrogen and oxygen atoms in total. The smallest absolute Gasteiger partial charge is 0.330 e. The number of carboxylic acids is 1. The maximum Gasteiger partial charge on any atom is 0.330 e. The second kappa shape index (κ2) is 37.9. The number of ether oxygens (including phenoxy) is 11. The lowest BCUT2D eigenvalue weighted by Gasteiger charge is -2.44. The molecule has 16 rings (SSSR count). The van der Waals surface area contributed by atoms with E-state index in [4.69, 9.17) is 86.8 Å². The SMILES string of the molecule is CN[C@@H](C(=O)N[C@H]1C(=O)N[C@@H](c2ccc(O)c(Cl)c2)C(=O)N[C@H]2C(=O)N[C@H]3C(=O)N[C@H](C(=O)N[C@H](C(=O)O)c4cc(O)cc(O)c4-c4cc3ccc4O)[C@H](O[C@H]3C[C@@H](N)[C@@H](O)[C@H](C)O3)c3ccc(c(Cl)c3)Oc3cc2cc(c3O[C@@H]2O[C@H](CO)[C@@H](O)[C@H](O)[C@H]2O[C@H]2C[C@@H](N)[C@@H](O)[C@H](C)O2)Oc2ccc(cc2)[C@H]1O)c1ccc(O[C@@H]2O[C@@H](C)[C@H](O)[C@@H](O)[C@H]2OC)cc1. The van der Waals surface area contributed by atoms with Crippen LogP contribution >= 0.6 is 23.2 Å². The predicted molar refractivity (Wildman–Crippen MR) is 433 cm³/mol. The van der Waals surface area contributed by atoms with E-state index in [1.807, 2.05) is 0 Å². The van der Waals surface area contributed by atoms with Crippen LogP contribution in [0.1, 0.15) is 115 Å². The number of aliphatic hydroxyl groups excluding tert-OH is 8. The molecule has 24 N–H and O–H groups in total. The van der Waals surface area contributed by atoms with Crippen molar-refractivity contribution in [3.05, 3.63) is 176 Å². The summed E-state index contributed by atoms with van der Waals surface area (Å²) in [5.41, 5.74) is 10.0. The Kier molecular flexibility index (Phi) is 27.5. The third-order valence-electron chi connectivity index (χ3n) is 22.9. The van der Waals surface area contributed by atoms with Crippen molar-refractivity contribution in [3.8, 4) is 68.6 Å². The second-order valence-electron chi connectivity index (χ2n) is 31.4. The van der Waals surface area contributed by atoms with Gasteiger partial charge in [-0.1, -0.05) is 65.7 Å². The van der Waals surface area contributed by atoms with Crippen molar-refractivity contribution in [2.45, 2.75) is 199 Å². The van der Waals surface area contributed by atoms with Crippen LogP contribution in [0.25, 0.3) is 11.1 Å². The summed E-state index contributed by atoms with van der Waals surface area (Å²) >= 11 is 14.0. The van der Waals surface area contributed by atoms with E-state index in [9.17, 15) is 71.2 Å². The number of likely N-dealkylation sites (N-methyl/N-ethyl adjacent to an activating group) is 1. The van der Waals surface area contributed by atoms with Crippen LogP contribution in [0.2, 0.25) is 10.0 Å². The fourth-order valence-electron chi connectivity index (χ4n) is 16.0. The summed E-state index contributed by atoms with van der Waals surface area (Å²) in [6, 6.07) is 7.58. The first-order chi connectivity index (χ1) is 60.0. The molecular formula is C84H93Cl2N9O31. The maximum atomic E-state index is 16.7. The van der Waals surface area contributed by atoms with Gasteiger partial charge in [0, 0.05) is 54.8 Å². The molecule has 0 aliphatic carbocycles. The third-order valence-corrected chi connectivity index (χ3v) is 23.5. The number of nitrogens with two attached hydrogens (primary N) is 2. The number of carbonyl (C=O) groups excluding carboxylic acids is 6. The molecular weight excluding hydrogens is 1700 g/mol. The van der Waals surface area contributed by atoms with Gasteiger partial charge in [0.15, 0.2) is 36.2 Å². The van der Waals surface area contributed by atoms with Crippen molar-refractivity contribution in [1.82, 2.24) is 37.2 Å². The highest BCUT2D eigenvalue weighted by molar-refractivity contribution is 6.32. The van der Waals surface area contributed by atoms with Gasteiger partial charge in [0.25, 0.3) is 0 Å². The summed E-state index contributed by atoms with van der Waals surface area (Å²) in [7, 11) is 2.68.